The van der Waals surface area contributed by atoms with E-state index in [4.69, 9.17) is 39.5 Å². The van der Waals surface area contributed by atoms with E-state index in [9.17, 15) is 0 Å². The third-order valence-electron chi connectivity index (χ3n) is 2.44. The van der Waals surface area contributed by atoms with Gasteiger partial charge >= 0.3 is 0 Å². The average molecular weight is 317 g/mol. The van der Waals surface area contributed by atoms with Crippen LogP contribution in [-0.2, 0) is 0 Å². The maximum Gasteiger partial charge on any atom is 0.120 e. The molecule has 0 saturated carbocycles. The first-order valence-electron chi connectivity index (χ1n) is 5.72. The van der Waals surface area contributed by atoms with Crippen LogP contribution in [0.15, 0.2) is 42.5 Å². The number of rotatable bonds is 5. The van der Waals surface area contributed by atoms with E-state index in [0.717, 1.165) is 10.7 Å². The van der Waals surface area contributed by atoms with Gasteiger partial charge in [-0.25, -0.2) is 0 Å². The molecule has 0 spiro atoms. The smallest absolute Gasteiger partial charge is 0.120 e. The van der Waals surface area contributed by atoms with E-state index in [2.05, 4.69) is 5.32 Å². The van der Waals surface area contributed by atoms with Crippen LogP contribution in [0.25, 0.3) is 0 Å². The van der Waals surface area contributed by atoms with Gasteiger partial charge in [-0.05, 0) is 36.4 Å². The molecule has 0 fully saturated rings. The summed E-state index contributed by atoms with van der Waals surface area (Å²) in [7, 11) is 0. The summed E-state index contributed by atoms with van der Waals surface area (Å²) in [4.78, 5) is 0. The predicted molar refractivity (Wildman–Crippen MR) is 81.9 cm³/mol. The Morgan fingerprint density at radius 1 is 0.895 bits per heavy atom. The first-order chi connectivity index (χ1) is 9.15. The Balaban J connectivity index is 1.77. The molecule has 0 atom stereocenters. The molecular formula is C14H12Cl3NO. The maximum atomic E-state index is 5.90. The molecule has 0 aliphatic carbocycles. The molecule has 0 aliphatic rings. The van der Waals surface area contributed by atoms with E-state index >= 15 is 0 Å². The van der Waals surface area contributed by atoms with Gasteiger partial charge in [0.15, 0.2) is 0 Å². The van der Waals surface area contributed by atoms with Crippen LogP contribution in [0.1, 0.15) is 0 Å². The Labute approximate surface area is 127 Å². The van der Waals surface area contributed by atoms with Crippen molar-refractivity contribution in [2.45, 2.75) is 0 Å². The second-order valence-electron chi connectivity index (χ2n) is 3.86. The summed E-state index contributed by atoms with van der Waals surface area (Å²) in [5, 5.41) is 4.96. The molecule has 0 saturated heterocycles. The van der Waals surface area contributed by atoms with Crippen LogP contribution in [0.5, 0.6) is 5.75 Å². The fraction of sp³-hybridized carbons (Fsp3) is 0.143. The van der Waals surface area contributed by atoms with E-state index in [0.29, 0.717) is 28.9 Å². The predicted octanol–water partition coefficient (Wildman–Crippen LogP) is 5.14. The van der Waals surface area contributed by atoms with E-state index < -0.39 is 0 Å². The fourth-order valence-corrected chi connectivity index (χ4v) is 1.91. The van der Waals surface area contributed by atoms with Crippen LogP contribution in [0, 0.1) is 0 Å². The van der Waals surface area contributed by atoms with E-state index in [1.165, 1.54) is 0 Å². The normalized spacial score (nSPS) is 10.3. The summed E-state index contributed by atoms with van der Waals surface area (Å²) in [5.41, 5.74) is 1.00. The number of ether oxygens (including phenoxy) is 1. The first-order valence-corrected chi connectivity index (χ1v) is 6.86. The molecule has 2 nitrogen and oxygen atoms in total. The first kappa shape index (κ1) is 14.3. The summed E-state index contributed by atoms with van der Waals surface area (Å²) in [6, 6.07) is 12.7. The van der Waals surface area contributed by atoms with Crippen molar-refractivity contribution in [1.29, 1.82) is 0 Å². The average Bonchev–Trinajstić information content (AvgIpc) is 2.41. The number of hydrogen-bond acceptors (Lipinski definition) is 2. The molecule has 0 amide bonds. The van der Waals surface area contributed by atoms with Crippen LogP contribution in [0.2, 0.25) is 15.1 Å². The second-order valence-corrected chi connectivity index (χ2v) is 5.11. The third kappa shape index (κ3) is 4.50. The zero-order valence-electron chi connectivity index (χ0n) is 10.00. The lowest BCUT2D eigenvalue weighted by atomic mass is 10.3. The second kappa shape index (κ2) is 6.90. The highest BCUT2D eigenvalue weighted by Gasteiger charge is 2.00. The Bertz CT molecular complexity index is 543. The largest absolute Gasteiger partial charge is 0.492 e. The van der Waals surface area contributed by atoms with Gasteiger partial charge in [-0.3, -0.25) is 0 Å². The van der Waals surface area contributed by atoms with Crippen LogP contribution < -0.4 is 10.1 Å². The number of nitrogens with one attached hydrogen (secondary N) is 1. The zero-order valence-corrected chi connectivity index (χ0v) is 12.3. The van der Waals surface area contributed by atoms with Gasteiger partial charge in [-0.1, -0.05) is 34.8 Å². The van der Waals surface area contributed by atoms with E-state index in [1.54, 1.807) is 18.2 Å². The molecule has 0 bridgehead atoms. The van der Waals surface area contributed by atoms with Crippen LogP contribution in [0.3, 0.4) is 0 Å². The summed E-state index contributed by atoms with van der Waals surface area (Å²) < 4.78 is 5.56. The van der Waals surface area contributed by atoms with Gasteiger partial charge in [0.1, 0.15) is 12.4 Å². The minimum absolute atomic E-state index is 0.491. The summed E-state index contributed by atoms with van der Waals surface area (Å²) in [5.74, 6) is 0.701. The lowest BCUT2D eigenvalue weighted by Gasteiger charge is -2.09. The minimum Gasteiger partial charge on any atom is -0.492 e. The van der Waals surface area contributed by atoms with Gasteiger partial charge in [0.05, 0.1) is 10.0 Å². The molecule has 0 unspecified atom stereocenters. The highest BCUT2D eigenvalue weighted by Crippen LogP contribution is 2.26. The monoisotopic (exact) mass is 315 g/mol. The van der Waals surface area contributed by atoms with Crippen molar-refractivity contribution in [3.63, 3.8) is 0 Å². The number of anilines is 1. The Morgan fingerprint density at radius 2 is 1.63 bits per heavy atom. The van der Waals surface area contributed by atoms with Crippen molar-refractivity contribution >= 4 is 40.5 Å². The van der Waals surface area contributed by atoms with Gasteiger partial charge < -0.3 is 10.1 Å². The molecule has 0 heterocycles. The van der Waals surface area contributed by atoms with Crippen molar-refractivity contribution in [2.75, 3.05) is 18.5 Å². The molecule has 2 aromatic carbocycles. The van der Waals surface area contributed by atoms with Gasteiger partial charge in [0.2, 0.25) is 0 Å². The van der Waals surface area contributed by atoms with Gasteiger partial charge in [0, 0.05) is 23.3 Å². The zero-order chi connectivity index (χ0) is 13.7. The van der Waals surface area contributed by atoms with Gasteiger partial charge in [0.25, 0.3) is 0 Å². The third-order valence-corrected chi connectivity index (χ3v) is 3.43. The number of benzene rings is 2. The highest BCUT2D eigenvalue weighted by atomic mass is 35.5. The highest BCUT2D eigenvalue weighted by molar-refractivity contribution is 6.42. The molecule has 19 heavy (non-hydrogen) atoms. The topological polar surface area (TPSA) is 21.3 Å². The maximum absolute atomic E-state index is 5.90. The van der Waals surface area contributed by atoms with Gasteiger partial charge in [-0.2, -0.15) is 0 Å². The van der Waals surface area contributed by atoms with Crippen molar-refractivity contribution < 1.29 is 4.74 Å². The van der Waals surface area contributed by atoms with Gasteiger partial charge in [-0.15, -0.1) is 0 Å². The molecule has 5 heteroatoms. The Kier molecular flexibility index (Phi) is 5.20. The molecule has 100 valence electrons. The van der Waals surface area contributed by atoms with Crippen molar-refractivity contribution in [3.05, 3.63) is 57.5 Å². The lowest BCUT2D eigenvalue weighted by Crippen LogP contribution is -2.11. The number of hydrogen-bond donors (Lipinski definition) is 1. The summed E-state index contributed by atoms with van der Waals surface area (Å²) in [6.45, 7) is 1.21. The van der Waals surface area contributed by atoms with Crippen LogP contribution >= 0.6 is 34.8 Å². The minimum atomic E-state index is 0.491. The quantitative estimate of drug-likeness (QED) is 0.771. The Hall–Kier alpha value is -1.09. The lowest BCUT2D eigenvalue weighted by molar-refractivity contribution is 0.333. The molecular weight excluding hydrogens is 305 g/mol. The van der Waals surface area contributed by atoms with Crippen LogP contribution in [0.4, 0.5) is 5.69 Å². The van der Waals surface area contributed by atoms with Crippen molar-refractivity contribution in [2.24, 2.45) is 0 Å². The Morgan fingerprint density at radius 3 is 2.32 bits per heavy atom. The molecule has 0 radical (unpaired) electrons. The van der Waals surface area contributed by atoms with Crippen molar-refractivity contribution in [1.82, 2.24) is 0 Å². The fourth-order valence-electron chi connectivity index (χ4n) is 1.50. The van der Waals surface area contributed by atoms with Crippen LogP contribution in [-0.4, -0.2) is 13.2 Å². The summed E-state index contributed by atoms with van der Waals surface area (Å²) >= 11 is 17.5. The number of halogens is 3. The molecule has 0 aliphatic heterocycles. The molecule has 0 aromatic heterocycles. The molecule has 2 rings (SSSR count). The van der Waals surface area contributed by atoms with E-state index in [-0.39, 0.29) is 0 Å². The molecule has 2 aromatic rings. The standard InChI is InChI=1S/C14H12Cl3NO/c15-10-1-3-11(4-2-10)18-7-8-19-12-5-6-13(16)14(17)9-12/h1-6,9,18H,7-8H2. The van der Waals surface area contributed by atoms with E-state index in [1.807, 2.05) is 24.3 Å². The SMILES string of the molecule is Clc1ccc(NCCOc2ccc(Cl)c(Cl)c2)cc1. The van der Waals surface area contributed by atoms with Crippen molar-refractivity contribution in [3.8, 4) is 5.75 Å². The summed E-state index contributed by atoms with van der Waals surface area (Å²) in [6.07, 6.45) is 0. The molecule has 1 N–H and O–H groups in total.